The van der Waals surface area contributed by atoms with E-state index >= 15 is 0 Å². The summed E-state index contributed by atoms with van der Waals surface area (Å²) in [5.41, 5.74) is 6.64. The van der Waals surface area contributed by atoms with Gasteiger partial charge in [-0.05, 0) is 17.7 Å². The Morgan fingerprint density at radius 2 is 2.35 bits per heavy atom. The quantitative estimate of drug-likeness (QED) is 0.854. The molecule has 1 heterocycles. The maximum atomic E-state index is 11.1. The molecule has 1 unspecified atom stereocenters. The van der Waals surface area contributed by atoms with Gasteiger partial charge in [0.15, 0.2) is 6.79 Å². The van der Waals surface area contributed by atoms with Gasteiger partial charge in [-0.3, -0.25) is 4.79 Å². The van der Waals surface area contributed by atoms with Gasteiger partial charge in [-0.15, -0.1) is 0 Å². The van der Waals surface area contributed by atoms with Gasteiger partial charge in [-0.1, -0.05) is 11.6 Å². The maximum Gasteiger partial charge on any atom is 0.312 e. The second-order valence-electron chi connectivity index (χ2n) is 3.67. The molecule has 6 heteroatoms. The number of aliphatic carboxylic acids is 1. The number of halogens is 1. The predicted molar refractivity (Wildman–Crippen MR) is 61.2 cm³/mol. The van der Waals surface area contributed by atoms with Crippen molar-refractivity contribution in [1.82, 2.24) is 0 Å². The minimum atomic E-state index is -1.01. The van der Waals surface area contributed by atoms with E-state index in [0.29, 0.717) is 21.9 Å². The second kappa shape index (κ2) is 4.91. The Hall–Kier alpha value is -1.30. The Balaban J connectivity index is 2.54. The lowest BCUT2D eigenvalue weighted by molar-refractivity contribution is -0.138. The highest BCUT2D eigenvalue weighted by Gasteiger charge is 2.27. The lowest BCUT2D eigenvalue weighted by Crippen LogP contribution is -2.24. The number of hydrogen-bond acceptors (Lipinski definition) is 4. The van der Waals surface area contributed by atoms with Crippen LogP contribution in [0.25, 0.3) is 0 Å². The summed E-state index contributed by atoms with van der Waals surface area (Å²) in [7, 11) is 0. The molecule has 0 radical (unpaired) electrons. The van der Waals surface area contributed by atoms with Crippen LogP contribution in [-0.2, 0) is 16.1 Å². The number of nitrogens with two attached hydrogens (primary N) is 1. The predicted octanol–water partition coefficient (Wildman–Crippen LogP) is 1.33. The first-order chi connectivity index (χ1) is 8.15. The van der Waals surface area contributed by atoms with Crippen molar-refractivity contribution in [2.45, 2.75) is 12.5 Å². The summed E-state index contributed by atoms with van der Waals surface area (Å²) in [4.78, 5) is 11.1. The van der Waals surface area contributed by atoms with Crippen LogP contribution in [0.2, 0.25) is 5.02 Å². The van der Waals surface area contributed by atoms with Gasteiger partial charge in [0.2, 0.25) is 0 Å². The molecule has 1 aliphatic heterocycles. The summed E-state index contributed by atoms with van der Waals surface area (Å²) in [6.07, 6.45) is 0. The third kappa shape index (κ3) is 2.22. The zero-order chi connectivity index (χ0) is 12.4. The summed E-state index contributed by atoms with van der Waals surface area (Å²) in [6.45, 7) is 0.426. The minimum Gasteiger partial charge on any atom is -0.481 e. The van der Waals surface area contributed by atoms with Crippen LogP contribution < -0.4 is 10.5 Å². The fourth-order valence-corrected chi connectivity index (χ4v) is 2.18. The highest BCUT2D eigenvalue weighted by atomic mass is 35.5. The zero-order valence-corrected chi connectivity index (χ0v) is 9.74. The first-order valence-corrected chi connectivity index (χ1v) is 5.47. The largest absolute Gasteiger partial charge is 0.481 e. The fraction of sp³-hybridized carbons (Fsp3) is 0.364. The molecule has 1 aromatic carbocycles. The van der Waals surface area contributed by atoms with E-state index in [1.165, 1.54) is 0 Å². The van der Waals surface area contributed by atoms with Crippen molar-refractivity contribution in [2.24, 2.45) is 5.73 Å². The first kappa shape index (κ1) is 12.2. The number of ether oxygens (including phenoxy) is 2. The monoisotopic (exact) mass is 257 g/mol. The van der Waals surface area contributed by atoms with Gasteiger partial charge in [-0.2, -0.15) is 0 Å². The molecular weight excluding hydrogens is 246 g/mol. The Morgan fingerprint density at radius 3 is 3.00 bits per heavy atom. The summed E-state index contributed by atoms with van der Waals surface area (Å²) in [5.74, 6) is -1.24. The Labute approximate surface area is 103 Å². The minimum absolute atomic E-state index is 0.0223. The second-order valence-corrected chi connectivity index (χ2v) is 4.08. The van der Waals surface area contributed by atoms with Crippen molar-refractivity contribution in [3.63, 3.8) is 0 Å². The SMILES string of the molecule is NCC(C(=O)O)c1c(Cl)ccc2c1COCO2. The Morgan fingerprint density at radius 1 is 1.59 bits per heavy atom. The molecule has 2 rings (SSSR count). The average Bonchev–Trinajstić information content (AvgIpc) is 2.32. The standard InChI is InChI=1S/C11H12ClNO4/c12-8-1-2-9-7(4-16-5-17-9)10(8)6(3-13)11(14)15/h1-2,6H,3-5,13H2,(H,14,15). The molecule has 0 saturated heterocycles. The normalized spacial score (nSPS) is 15.9. The number of hydrogen-bond donors (Lipinski definition) is 2. The molecular formula is C11H12ClNO4. The van der Waals surface area contributed by atoms with Crippen LogP contribution in [0.1, 0.15) is 17.0 Å². The number of carboxylic acids is 1. The highest BCUT2D eigenvalue weighted by molar-refractivity contribution is 6.31. The van der Waals surface area contributed by atoms with Crippen LogP contribution in [0.5, 0.6) is 5.75 Å². The van der Waals surface area contributed by atoms with E-state index in [2.05, 4.69) is 0 Å². The lowest BCUT2D eigenvalue weighted by atomic mass is 9.93. The van der Waals surface area contributed by atoms with Crippen LogP contribution in [0.3, 0.4) is 0 Å². The van der Waals surface area contributed by atoms with Crippen LogP contribution in [0, 0.1) is 0 Å². The van der Waals surface area contributed by atoms with Gasteiger partial charge in [0.25, 0.3) is 0 Å². The summed E-state index contributed by atoms with van der Waals surface area (Å²) < 4.78 is 10.4. The van der Waals surface area contributed by atoms with Gasteiger partial charge in [0.05, 0.1) is 12.5 Å². The first-order valence-electron chi connectivity index (χ1n) is 5.09. The third-order valence-corrected chi connectivity index (χ3v) is 3.02. The van der Waals surface area contributed by atoms with E-state index in [4.69, 9.17) is 31.9 Å². The molecule has 0 aromatic heterocycles. The number of benzene rings is 1. The molecule has 0 aliphatic carbocycles. The third-order valence-electron chi connectivity index (χ3n) is 2.69. The van der Waals surface area contributed by atoms with E-state index in [-0.39, 0.29) is 19.9 Å². The zero-order valence-electron chi connectivity index (χ0n) is 8.98. The molecule has 0 amide bonds. The molecule has 0 saturated carbocycles. The van der Waals surface area contributed by atoms with Crippen molar-refractivity contribution < 1.29 is 19.4 Å². The maximum absolute atomic E-state index is 11.1. The molecule has 92 valence electrons. The highest BCUT2D eigenvalue weighted by Crippen LogP contribution is 2.36. The molecule has 17 heavy (non-hydrogen) atoms. The van der Waals surface area contributed by atoms with Crippen molar-refractivity contribution in [1.29, 1.82) is 0 Å². The summed E-state index contributed by atoms with van der Waals surface area (Å²) in [5, 5.41) is 9.50. The van der Waals surface area contributed by atoms with Gasteiger partial charge in [0.1, 0.15) is 5.75 Å². The Kier molecular flexibility index (Phi) is 3.51. The molecule has 3 N–H and O–H groups in total. The lowest BCUT2D eigenvalue weighted by Gasteiger charge is -2.23. The smallest absolute Gasteiger partial charge is 0.312 e. The average molecular weight is 258 g/mol. The molecule has 1 aliphatic rings. The summed E-state index contributed by atoms with van der Waals surface area (Å²) in [6, 6.07) is 3.33. The molecule has 1 atom stereocenters. The fourth-order valence-electron chi connectivity index (χ4n) is 1.87. The van der Waals surface area contributed by atoms with E-state index in [9.17, 15) is 4.79 Å². The number of fused-ring (bicyclic) bond motifs is 1. The van der Waals surface area contributed by atoms with E-state index in [1.807, 2.05) is 0 Å². The van der Waals surface area contributed by atoms with Crippen LogP contribution in [0.4, 0.5) is 0 Å². The van der Waals surface area contributed by atoms with Crippen molar-refractivity contribution in [3.05, 3.63) is 28.3 Å². The van der Waals surface area contributed by atoms with Crippen molar-refractivity contribution in [2.75, 3.05) is 13.3 Å². The molecule has 1 aromatic rings. The molecule has 0 fully saturated rings. The van der Waals surface area contributed by atoms with E-state index in [1.54, 1.807) is 12.1 Å². The van der Waals surface area contributed by atoms with Gasteiger partial charge < -0.3 is 20.3 Å². The van der Waals surface area contributed by atoms with E-state index < -0.39 is 11.9 Å². The molecule has 0 bridgehead atoms. The molecule has 0 spiro atoms. The van der Waals surface area contributed by atoms with Crippen LogP contribution >= 0.6 is 11.6 Å². The number of carbonyl (C=O) groups is 1. The Bertz CT molecular complexity index is 449. The van der Waals surface area contributed by atoms with Crippen molar-refractivity contribution in [3.8, 4) is 5.75 Å². The van der Waals surface area contributed by atoms with Crippen molar-refractivity contribution >= 4 is 17.6 Å². The van der Waals surface area contributed by atoms with Crippen LogP contribution in [0.15, 0.2) is 12.1 Å². The topological polar surface area (TPSA) is 81.8 Å². The number of carboxylic acid groups (broad SMARTS) is 1. The van der Waals surface area contributed by atoms with Gasteiger partial charge in [0, 0.05) is 17.1 Å². The summed E-state index contributed by atoms with van der Waals surface area (Å²) >= 11 is 6.05. The van der Waals surface area contributed by atoms with Crippen LogP contribution in [-0.4, -0.2) is 24.4 Å². The van der Waals surface area contributed by atoms with E-state index in [0.717, 1.165) is 0 Å². The molecule has 5 nitrogen and oxygen atoms in total. The van der Waals surface area contributed by atoms with Gasteiger partial charge in [-0.25, -0.2) is 0 Å². The number of rotatable bonds is 3. The van der Waals surface area contributed by atoms with Gasteiger partial charge >= 0.3 is 5.97 Å².